The Morgan fingerprint density at radius 3 is 2.26 bits per heavy atom. The topological polar surface area (TPSA) is 45.1 Å². The molecule has 5 heteroatoms. The standard InChI is InChI=1S/C22H29N3O2/c1-14(2)23-22-25(15(3)4)21(26)19(27-22)13-16-11-17-7-5-9-24-10-6-8-18(12-16)20(17)24/h11-15H,5-10H2,1-4H3/b19-13+,23-22?. The predicted octanol–water partition coefficient (Wildman–Crippen LogP) is 3.76. The molecule has 1 aromatic carbocycles. The molecular weight excluding hydrogens is 338 g/mol. The number of nitrogens with zero attached hydrogens (tertiary/aromatic N) is 3. The summed E-state index contributed by atoms with van der Waals surface area (Å²) in [6.07, 6.45) is 6.53. The minimum absolute atomic E-state index is 0.0131. The van der Waals surface area contributed by atoms with Gasteiger partial charge in [0.1, 0.15) is 0 Å². The van der Waals surface area contributed by atoms with Gasteiger partial charge in [-0.25, -0.2) is 4.99 Å². The lowest BCUT2D eigenvalue weighted by molar-refractivity contribution is -0.123. The molecule has 1 saturated heterocycles. The van der Waals surface area contributed by atoms with Crippen LogP contribution in [0.5, 0.6) is 0 Å². The number of amidine groups is 1. The summed E-state index contributed by atoms with van der Waals surface area (Å²) in [5.41, 5.74) is 5.32. The van der Waals surface area contributed by atoms with E-state index in [0.29, 0.717) is 11.8 Å². The van der Waals surface area contributed by atoms with Crippen LogP contribution in [0.1, 0.15) is 57.2 Å². The quantitative estimate of drug-likeness (QED) is 0.764. The summed E-state index contributed by atoms with van der Waals surface area (Å²) < 4.78 is 5.89. The highest BCUT2D eigenvalue weighted by molar-refractivity contribution is 6.11. The van der Waals surface area contributed by atoms with E-state index in [-0.39, 0.29) is 18.0 Å². The number of rotatable bonds is 3. The largest absolute Gasteiger partial charge is 0.420 e. The van der Waals surface area contributed by atoms with Crippen molar-refractivity contribution >= 4 is 23.7 Å². The predicted molar refractivity (Wildman–Crippen MR) is 109 cm³/mol. The number of amides is 1. The van der Waals surface area contributed by atoms with Gasteiger partial charge in [0.25, 0.3) is 5.91 Å². The van der Waals surface area contributed by atoms with Gasteiger partial charge < -0.3 is 9.64 Å². The van der Waals surface area contributed by atoms with Crippen LogP contribution in [-0.4, -0.2) is 42.0 Å². The van der Waals surface area contributed by atoms with Crippen molar-refractivity contribution in [3.63, 3.8) is 0 Å². The minimum atomic E-state index is -0.0996. The third kappa shape index (κ3) is 3.35. The van der Waals surface area contributed by atoms with Gasteiger partial charge in [-0.1, -0.05) is 0 Å². The number of hydrogen-bond donors (Lipinski definition) is 0. The lowest BCUT2D eigenvalue weighted by atomic mass is 9.90. The van der Waals surface area contributed by atoms with Crippen molar-refractivity contribution < 1.29 is 9.53 Å². The van der Waals surface area contributed by atoms with E-state index < -0.39 is 0 Å². The summed E-state index contributed by atoms with van der Waals surface area (Å²) in [7, 11) is 0. The van der Waals surface area contributed by atoms with Crippen LogP contribution < -0.4 is 4.90 Å². The molecule has 1 aromatic rings. The fourth-order valence-electron chi connectivity index (χ4n) is 4.32. The molecule has 3 aliphatic heterocycles. The Morgan fingerprint density at radius 1 is 1.07 bits per heavy atom. The molecule has 5 nitrogen and oxygen atoms in total. The van der Waals surface area contributed by atoms with Crippen LogP contribution in [0.25, 0.3) is 6.08 Å². The van der Waals surface area contributed by atoms with E-state index in [1.807, 2.05) is 33.8 Å². The Balaban J connectivity index is 1.71. The molecule has 0 atom stereocenters. The highest BCUT2D eigenvalue weighted by Crippen LogP contribution is 2.36. The van der Waals surface area contributed by atoms with Crippen LogP contribution in [0.4, 0.5) is 5.69 Å². The summed E-state index contributed by atoms with van der Waals surface area (Å²) in [6, 6.07) is 4.97. The molecule has 0 radical (unpaired) electrons. The monoisotopic (exact) mass is 367 g/mol. The average molecular weight is 367 g/mol. The number of aryl methyl sites for hydroxylation is 2. The highest BCUT2D eigenvalue weighted by atomic mass is 16.5. The summed E-state index contributed by atoms with van der Waals surface area (Å²) in [5, 5.41) is 0. The molecule has 3 heterocycles. The Hall–Kier alpha value is -2.30. The van der Waals surface area contributed by atoms with Gasteiger partial charge in [-0.15, -0.1) is 0 Å². The second-order valence-corrected chi connectivity index (χ2v) is 8.27. The lowest BCUT2D eigenvalue weighted by Crippen LogP contribution is -2.36. The highest BCUT2D eigenvalue weighted by Gasteiger charge is 2.37. The van der Waals surface area contributed by atoms with Gasteiger partial charge in [0.05, 0.1) is 0 Å². The van der Waals surface area contributed by atoms with Crippen molar-refractivity contribution in [3.05, 3.63) is 34.6 Å². The fourth-order valence-corrected chi connectivity index (χ4v) is 4.32. The minimum Gasteiger partial charge on any atom is -0.420 e. The molecule has 0 aliphatic carbocycles. The molecule has 0 saturated carbocycles. The summed E-state index contributed by atoms with van der Waals surface area (Å²) in [4.78, 5) is 21.6. The molecule has 3 aliphatic rings. The first kappa shape index (κ1) is 18.1. The first-order valence-electron chi connectivity index (χ1n) is 10.2. The zero-order valence-corrected chi connectivity index (χ0v) is 16.8. The van der Waals surface area contributed by atoms with Crippen molar-refractivity contribution in [2.24, 2.45) is 4.99 Å². The number of carbonyl (C=O) groups is 1. The Morgan fingerprint density at radius 2 is 1.70 bits per heavy atom. The summed E-state index contributed by atoms with van der Waals surface area (Å²) >= 11 is 0. The molecule has 144 valence electrons. The van der Waals surface area contributed by atoms with E-state index in [9.17, 15) is 4.79 Å². The van der Waals surface area contributed by atoms with Crippen molar-refractivity contribution in [3.8, 4) is 0 Å². The van der Waals surface area contributed by atoms with E-state index in [4.69, 9.17) is 4.74 Å². The number of benzene rings is 1. The van der Waals surface area contributed by atoms with E-state index in [2.05, 4.69) is 22.0 Å². The van der Waals surface area contributed by atoms with Gasteiger partial charge >= 0.3 is 6.02 Å². The van der Waals surface area contributed by atoms with Crippen LogP contribution in [0.3, 0.4) is 0 Å². The van der Waals surface area contributed by atoms with Crippen molar-refractivity contribution in [1.82, 2.24) is 4.90 Å². The first-order chi connectivity index (χ1) is 12.9. The second kappa shape index (κ2) is 7.02. The normalized spacial score (nSPS) is 22.2. The van der Waals surface area contributed by atoms with Crippen LogP contribution in [0.15, 0.2) is 22.9 Å². The zero-order chi connectivity index (χ0) is 19.1. The molecular formula is C22H29N3O2. The summed E-state index contributed by atoms with van der Waals surface area (Å²) in [5.74, 6) is 0.274. The van der Waals surface area contributed by atoms with E-state index in [1.54, 1.807) is 4.90 Å². The fraction of sp³-hybridized carbons (Fsp3) is 0.545. The third-order valence-corrected chi connectivity index (χ3v) is 5.37. The van der Waals surface area contributed by atoms with Crippen LogP contribution in [-0.2, 0) is 22.4 Å². The molecule has 0 bridgehead atoms. The maximum atomic E-state index is 12.9. The molecule has 4 rings (SSSR count). The van der Waals surface area contributed by atoms with Gasteiger partial charge in [0.2, 0.25) is 0 Å². The Kier molecular flexibility index (Phi) is 4.70. The van der Waals surface area contributed by atoms with E-state index in [1.165, 1.54) is 42.7 Å². The molecule has 0 aromatic heterocycles. The van der Waals surface area contributed by atoms with Crippen LogP contribution >= 0.6 is 0 Å². The molecule has 0 spiro atoms. The molecule has 1 amide bonds. The van der Waals surface area contributed by atoms with Crippen molar-refractivity contribution in [2.45, 2.75) is 65.5 Å². The van der Waals surface area contributed by atoms with Gasteiger partial charge in [-0.2, -0.15) is 0 Å². The zero-order valence-electron chi connectivity index (χ0n) is 16.8. The van der Waals surface area contributed by atoms with Gasteiger partial charge in [0, 0.05) is 30.9 Å². The number of anilines is 1. The SMILES string of the molecule is CC(C)N=C1O/C(=C/c2cc3c4c(c2)CCCN4CCC3)C(=O)N1C(C)C. The first-order valence-corrected chi connectivity index (χ1v) is 10.2. The number of ether oxygens (including phenoxy) is 1. The van der Waals surface area contributed by atoms with E-state index in [0.717, 1.165) is 18.4 Å². The number of carbonyl (C=O) groups excluding carboxylic acids is 1. The maximum absolute atomic E-state index is 12.9. The van der Waals surface area contributed by atoms with Crippen LogP contribution in [0.2, 0.25) is 0 Å². The van der Waals surface area contributed by atoms with E-state index >= 15 is 0 Å². The van der Waals surface area contributed by atoms with Gasteiger partial charge in [-0.3, -0.25) is 9.69 Å². The van der Waals surface area contributed by atoms with Crippen molar-refractivity contribution in [1.29, 1.82) is 0 Å². The number of aliphatic imine (C=N–C) groups is 1. The van der Waals surface area contributed by atoms with Crippen LogP contribution in [0, 0.1) is 0 Å². The average Bonchev–Trinajstić information content (AvgIpc) is 2.90. The second-order valence-electron chi connectivity index (χ2n) is 8.27. The van der Waals surface area contributed by atoms with Crippen molar-refractivity contribution in [2.75, 3.05) is 18.0 Å². The third-order valence-electron chi connectivity index (χ3n) is 5.37. The Bertz CT molecular complexity index is 792. The summed E-state index contributed by atoms with van der Waals surface area (Å²) in [6.45, 7) is 10.3. The Labute approximate surface area is 161 Å². The van der Waals surface area contributed by atoms with Gasteiger partial charge in [0.15, 0.2) is 5.76 Å². The van der Waals surface area contributed by atoms with Gasteiger partial charge in [-0.05, 0) is 88.3 Å². The molecule has 0 N–H and O–H groups in total. The number of hydrogen-bond acceptors (Lipinski definition) is 4. The maximum Gasteiger partial charge on any atom is 0.300 e. The lowest BCUT2D eigenvalue weighted by Gasteiger charge is -2.37. The molecule has 1 fully saturated rings. The molecule has 0 unspecified atom stereocenters. The molecule has 27 heavy (non-hydrogen) atoms. The smallest absolute Gasteiger partial charge is 0.300 e.